The predicted octanol–water partition coefficient (Wildman–Crippen LogP) is 2.67. The fourth-order valence-corrected chi connectivity index (χ4v) is 3.81. The fourth-order valence-electron chi connectivity index (χ4n) is 2.59. The lowest BCUT2D eigenvalue weighted by molar-refractivity contribution is -0.131. The summed E-state index contributed by atoms with van der Waals surface area (Å²) in [5, 5.41) is 9.23. The maximum Gasteiger partial charge on any atom is 0.235 e. The van der Waals surface area contributed by atoms with Crippen molar-refractivity contribution in [1.29, 1.82) is 0 Å². The Balaban J connectivity index is 2.41. The third kappa shape index (κ3) is 4.81. The highest BCUT2D eigenvalue weighted by Crippen LogP contribution is 2.26. The summed E-state index contributed by atoms with van der Waals surface area (Å²) < 4.78 is 0. The summed E-state index contributed by atoms with van der Waals surface area (Å²) in [5.74, 6) is 0.247. The van der Waals surface area contributed by atoms with Crippen LogP contribution in [0.2, 0.25) is 0 Å². The molecule has 0 bridgehead atoms. The largest absolute Gasteiger partial charge is 0.396 e. The minimum atomic E-state index is -0.00141. The number of rotatable bonds is 6. The Kier molecular flexibility index (Phi) is 7.08. The molecule has 0 aromatic heterocycles. The smallest absolute Gasteiger partial charge is 0.235 e. The van der Waals surface area contributed by atoms with Crippen LogP contribution in [0.25, 0.3) is 0 Å². The molecule has 0 spiro atoms. The van der Waals surface area contributed by atoms with Gasteiger partial charge in [0.2, 0.25) is 5.91 Å². The number of carbonyl (C=O) groups excluding carboxylic acids is 1. The first-order chi connectivity index (χ1) is 8.56. The van der Waals surface area contributed by atoms with Crippen molar-refractivity contribution in [2.45, 2.75) is 68.9 Å². The number of thioether (sulfide) groups is 1. The second-order valence-electron chi connectivity index (χ2n) is 5.34. The molecule has 0 radical (unpaired) electrons. The molecule has 0 unspecified atom stereocenters. The van der Waals surface area contributed by atoms with Gasteiger partial charge in [-0.15, -0.1) is 11.8 Å². The number of amides is 1. The van der Waals surface area contributed by atoms with Gasteiger partial charge in [0, 0.05) is 24.9 Å². The molecular weight excluding hydrogens is 246 g/mol. The normalized spacial score (nSPS) is 20.4. The van der Waals surface area contributed by atoms with Crippen LogP contribution in [0.4, 0.5) is 0 Å². The van der Waals surface area contributed by atoms with Crippen LogP contribution in [0.15, 0.2) is 0 Å². The number of aliphatic hydroxyl groups is 1. The van der Waals surface area contributed by atoms with Crippen LogP contribution in [0, 0.1) is 0 Å². The Bertz CT molecular complexity index is 254. The lowest BCUT2D eigenvalue weighted by Gasteiger charge is -2.33. The third-order valence-electron chi connectivity index (χ3n) is 3.79. The summed E-state index contributed by atoms with van der Waals surface area (Å²) in [6.07, 6.45) is 6.90. The standard InChI is InChI=1S/C14H27NO2S/c1-11(9-10-16)18-12(2)14(17)15(3)13-7-5-4-6-8-13/h11-13,16H,4-10H2,1-3H3/t11-,12-/m1/s1. The molecule has 0 saturated heterocycles. The quantitative estimate of drug-likeness (QED) is 0.809. The molecule has 2 atom stereocenters. The van der Waals surface area contributed by atoms with Gasteiger partial charge in [-0.3, -0.25) is 4.79 Å². The Morgan fingerprint density at radius 1 is 1.33 bits per heavy atom. The highest BCUT2D eigenvalue weighted by Gasteiger charge is 2.26. The van der Waals surface area contributed by atoms with Crippen LogP contribution in [-0.2, 0) is 4.79 Å². The molecule has 1 rings (SSSR count). The van der Waals surface area contributed by atoms with E-state index in [-0.39, 0.29) is 17.8 Å². The Morgan fingerprint density at radius 3 is 2.50 bits per heavy atom. The molecule has 0 heterocycles. The van der Waals surface area contributed by atoms with E-state index in [1.54, 1.807) is 11.8 Å². The topological polar surface area (TPSA) is 40.5 Å². The number of aliphatic hydroxyl groups excluding tert-OH is 1. The Labute approximate surface area is 115 Å². The highest BCUT2D eigenvalue weighted by atomic mass is 32.2. The maximum absolute atomic E-state index is 12.3. The third-order valence-corrected chi connectivity index (χ3v) is 5.10. The second kappa shape index (κ2) is 8.05. The zero-order valence-corrected chi connectivity index (χ0v) is 12.7. The molecule has 3 nitrogen and oxygen atoms in total. The first-order valence-corrected chi connectivity index (χ1v) is 8.03. The van der Waals surface area contributed by atoms with E-state index in [0.717, 1.165) is 19.3 Å². The van der Waals surface area contributed by atoms with Crippen molar-refractivity contribution in [3.63, 3.8) is 0 Å². The van der Waals surface area contributed by atoms with Crippen molar-refractivity contribution >= 4 is 17.7 Å². The number of hydrogen-bond donors (Lipinski definition) is 1. The zero-order valence-electron chi connectivity index (χ0n) is 11.9. The van der Waals surface area contributed by atoms with Crippen LogP contribution < -0.4 is 0 Å². The summed E-state index contributed by atoms with van der Waals surface area (Å²) in [7, 11) is 1.95. The van der Waals surface area contributed by atoms with Crippen LogP contribution in [0.1, 0.15) is 52.4 Å². The summed E-state index contributed by atoms with van der Waals surface area (Å²) in [6, 6.07) is 0.447. The summed E-state index contributed by atoms with van der Waals surface area (Å²) in [5.41, 5.74) is 0. The highest BCUT2D eigenvalue weighted by molar-refractivity contribution is 8.01. The zero-order chi connectivity index (χ0) is 13.5. The Morgan fingerprint density at radius 2 is 1.94 bits per heavy atom. The number of hydrogen-bond acceptors (Lipinski definition) is 3. The summed E-state index contributed by atoms with van der Waals surface area (Å²) in [6.45, 7) is 4.26. The Hall–Kier alpha value is -0.220. The van der Waals surface area contributed by atoms with E-state index < -0.39 is 0 Å². The van der Waals surface area contributed by atoms with Gasteiger partial charge in [-0.05, 0) is 26.2 Å². The first kappa shape index (κ1) is 15.8. The van der Waals surface area contributed by atoms with Gasteiger partial charge >= 0.3 is 0 Å². The van der Waals surface area contributed by atoms with Gasteiger partial charge in [-0.1, -0.05) is 26.2 Å². The average molecular weight is 273 g/mol. The van der Waals surface area contributed by atoms with Crippen LogP contribution >= 0.6 is 11.8 Å². The van der Waals surface area contributed by atoms with E-state index in [0.29, 0.717) is 11.3 Å². The molecule has 1 saturated carbocycles. The predicted molar refractivity (Wildman–Crippen MR) is 77.9 cm³/mol. The van der Waals surface area contributed by atoms with E-state index in [9.17, 15) is 4.79 Å². The fraction of sp³-hybridized carbons (Fsp3) is 0.929. The van der Waals surface area contributed by atoms with Gasteiger partial charge in [-0.25, -0.2) is 0 Å². The summed E-state index contributed by atoms with van der Waals surface area (Å²) >= 11 is 1.67. The average Bonchev–Trinajstić information content (AvgIpc) is 2.38. The maximum atomic E-state index is 12.3. The first-order valence-electron chi connectivity index (χ1n) is 7.09. The van der Waals surface area contributed by atoms with Gasteiger partial charge in [0.25, 0.3) is 0 Å². The SMILES string of the molecule is C[C@H](CCO)S[C@H](C)C(=O)N(C)C1CCCCC1. The molecule has 1 N–H and O–H groups in total. The van der Waals surface area contributed by atoms with E-state index in [2.05, 4.69) is 6.92 Å². The molecule has 106 valence electrons. The van der Waals surface area contributed by atoms with Crippen LogP contribution in [0.3, 0.4) is 0 Å². The molecule has 0 aromatic carbocycles. The van der Waals surface area contributed by atoms with E-state index >= 15 is 0 Å². The second-order valence-corrected chi connectivity index (χ2v) is 7.13. The minimum Gasteiger partial charge on any atom is -0.396 e. The monoisotopic (exact) mass is 273 g/mol. The molecule has 0 aliphatic heterocycles. The molecule has 1 amide bonds. The number of nitrogens with zero attached hydrogens (tertiary/aromatic N) is 1. The van der Waals surface area contributed by atoms with Gasteiger partial charge in [-0.2, -0.15) is 0 Å². The van der Waals surface area contributed by atoms with Crippen molar-refractivity contribution in [1.82, 2.24) is 4.90 Å². The molecule has 4 heteroatoms. The number of carbonyl (C=O) groups is 1. The molecule has 1 aliphatic carbocycles. The van der Waals surface area contributed by atoms with Crippen LogP contribution in [0.5, 0.6) is 0 Å². The molecule has 1 aliphatic rings. The lowest BCUT2D eigenvalue weighted by atomic mass is 9.94. The van der Waals surface area contributed by atoms with E-state index in [1.807, 2.05) is 18.9 Å². The molecule has 18 heavy (non-hydrogen) atoms. The van der Waals surface area contributed by atoms with Gasteiger partial charge in [0.15, 0.2) is 0 Å². The van der Waals surface area contributed by atoms with E-state index in [1.165, 1.54) is 19.3 Å². The lowest BCUT2D eigenvalue weighted by Crippen LogP contribution is -2.42. The van der Waals surface area contributed by atoms with E-state index in [4.69, 9.17) is 5.11 Å². The van der Waals surface area contributed by atoms with Crippen molar-refractivity contribution < 1.29 is 9.90 Å². The van der Waals surface area contributed by atoms with Crippen LogP contribution in [-0.4, -0.2) is 46.1 Å². The van der Waals surface area contributed by atoms with Crippen molar-refractivity contribution in [2.75, 3.05) is 13.7 Å². The van der Waals surface area contributed by atoms with Gasteiger partial charge in [0.05, 0.1) is 5.25 Å². The van der Waals surface area contributed by atoms with Gasteiger partial charge in [0.1, 0.15) is 0 Å². The molecule has 1 fully saturated rings. The van der Waals surface area contributed by atoms with Crippen molar-refractivity contribution in [3.8, 4) is 0 Å². The summed E-state index contributed by atoms with van der Waals surface area (Å²) in [4.78, 5) is 14.3. The minimum absolute atomic E-state index is 0.00141. The molecule has 0 aromatic rings. The van der Waals surface area contributed by atoms with Crippen molar-refractivity contribution in [2.24, 2.45) is 0 Å². The van der Waals surface area contributed by atoms with Gasteiger partial charge < -0.3 is 10.0 Å². The molecular formula is C14H27NO2S. The van der Waals surface area contributed by atoms with Crippen molar-refractivity contribution in [3.05, 3.63) is 0 Å².